The van der Waals surface area contributed by atoms with Gasteiger partial charge in [-0.2, -0.15) is 0 Å². The van der Waals surface area contributed by atoms with E-state index in [0.717, 1.165) is 24.6 Å². The van der Waals surface area contributed by atoms with E-state index in [-0.39, 0.29) is 6.10 Å². The van der Waals surface area contributed by atoms with E-state index in [2.05, 4.69) is 43.1 Å². The van der Waals surface area contributed by atoms with Crippen molar-refractivity contribution in [3.8, 4) is 0 Å². The van der Waals surface area contributed by atoms with E-state index in [0.29, 0.717) is 6.61 Å². The number of hydrogen-bond donors (Lipinski definition) is 0. The number of morpholine rings is 1. The normalized spacial score (nSPS) is 21.6. The van der Waals surface area contributed by atoms with Gasteiger partial charge in [0, 0.05) is 30.0 Å². The zero-order valence-electron chi connectivity index (χ0n) is 10.4. The van der Waals surface area contributed by atoms with Gasteiger partial charge in [-0.1, -0.05) is 17.7 Å². The molecule has 17 heavy (non-hydrogen) atoms. The van der Waals surface area contributed by atoms with Crippen LogP contribution in [-0.4, -0.2) is 44.4 Å². The molecule has 94 valence electrons. The van der Waals surface area contributed by atoms with Crippen molar-refractivity contribution in [3.63, 3.8) is 0 Å². The molecule has 1 aromatic rings. The van der Waals surface area contributed by atoms with Gasteiger partial charge < -0.3 is 13.8 Å². The number of benzene rings is 1. The highest BCUT2D eigenvalue weighted by Gasteiger charge is 2.17. The second-order valence-corrected chi connectivity index (χ2v) is 5.31. The molecule has 1 aromatic carbocycles. The molecule has 0 bridgehead atoms. The van der Waals surface area contributed by atoms with E-state index in [4.69, 9.17) is 8.92 Å². The van der Waals surface area contributed by atoms with Crippen LogP contribution in [0.2, 0.25) is 0 Å². The number of nitrogens with zero attached hydrogens (tertiary/aromatic N) is 1. The first-order valence-corrected chi connectivity index (χ1v) is 6.64. The molecule has 3 nitrogen and oxygen atoms in total. The summed E-state index contributed by atoms with van der Waals surface area (Å²) in [6.45, 7) is 5.50. The lowest BCUT2D eigenvalue weighted by Crippen LogP contribution is -2.41. The smallest absolute Gasteiger partial charge is 0.0948 e. The molecule has 1 aliphatic heterocycles. The minimum absolute atomic E-state index is 0.201. The average Bonchev–Trinajstić information content (AvgIpc) is 2.32. The molecule has 1 heterocycles. The summed E-state index contributed by atoms with van der Waals surface area (Å²) in [7, 11) is 2.11. The van der Waals surface area contributed by atoms with E-state index in [1.54, 1.807) is 0 Å². The fraction of sp³-hybridized carbons (Fsp3) is 0.538. The largest absolute Gasteiger partial charge is 0.373 e. The molecule has 1 saturated heterocycles. The Balaban J connectivity index is 1.70. The molecule has 1 atom stereocenters. The fourth-order valence-electron chi connectivity index (χ4n) is 1.74. The molecule has 0 spiro atoms. The molecule has 0 aliphatic carbocycles. The predicted molar refractivity (Wildman–Crippen MR) is 70.2 cm³/mol. The zero-order chi connectivity index (χ0) is 12.1. The molecule has 2 rings (SSSR count). The third-order valence-electron chi connectivity index (χ3n) is 2.77. The van der Waals surface area contributed by atoms with Gasteiger partial charge in [-0.15, -0.1) is 0 Å². The average molecular weight is 253 g/mol. The standard InChI is InChI=1S/C13H19NO2S/c1-11-3-5-13(6-4-11)17-16-10-12-9-14(2)7-8-15-12/h3-6,12H,7-10H2,1-2H3. The van der Waals surface area contributed by atoms with Crippen molar-refractivity contribution in [3.05, 3.63) is 29.8 Å². The second kappa shape index (κ2) is 6.40. The molecular formula is C13H19NO2S. The van der Waals surface area contributed by atoms with Crippen molar-refractivity contribution >= 4 is 12.0 Å². The van der Waals surface area contributed by atoms with E-state index in [1.165, 1.54) is 17.6 Å². The summed E-state index contributed by atoms with van der Waals surface area (Å²) in [5.74, 6) is 0. The molecular weight excluding hydrogens is 234 g/mol. The molecule has 4 heteroatoms. The molecule has 0 N–H and O–H groups in total. The van der Waals surface area contributed by atoms with Crippen LogP contribution in [0.4, 0.5) is 0 Å². The summed E-state index contributed by atoms with van der Waals surface area (Å²) in [4.78, 5) is 3.41. The van der Waals surface area contributed by atoms with Crippen LogP contribution in [0.1, 0.15) is 5.56 Å². The van der Waals surface area contributed by atoms with Crippen molar-refractivity contribution in [1.29, 1.82) is 0 Å². The molecule has 1 fully saturated rings. The number of ether oxygens (including phenoxy) is 1. The summed E-state index contributed by atoms with van der Waals surface area (Å²) >= 11 is 1.43. The van der Waals surface area contributed by atoms with E-state index >= 15 is 0 Å². The molecule has 0 saturated carbocycles. The molecule has 1 aliphatic rings. The van der Waals surface area contributed by atoms with E-state index < -0.39 is 0 Å². The lowest BCUT2D eigenvalue weighted by atomic mass is 10.2. The van der Waals surface area contributed by atoms with Crippen molar-refractivity contribution in [2.45, 2.75) is 17.9 Å². The predicted octanol–water partition coefficient (Wildman–Crippen LogP) is 2.35. The zero-order valence-corrected chi connectivity index (χ0v) is 11.2. The molecule has 0 aromatic heterocycles. The second-order valence-electron chi connectivity index (χ2n) is 4.44. The summed E-state index contributed by atoms with van der Waals surface area (Å²) in [5.41, 5.74) is 1.27. The topological polar surface area (TPSA) is 21.7 Å². The van der Waals surface area contributed by atoms with Crippen LogP contribution in [0.15, 0.2) is 29.2 Å². The highest BCUT2D eigenvalue weighted by Crippen LogP contribution is 2.20. The Morgan fingerprint density at radius 2 is 2.18 bits per heavy atom. The summed E-state index contributed by atoms with van der Waals surface area (Å²) < 4.78 is 11.2. The maximum atomic E-state index is 5.63. The van der Waals surface area contributed by atoms with Gasteiger partial charge in [-0.25, -0.2) is 0 Å². The number of rotatable bonds is 4. The maximum absolute atomic E-state index is 5.63. The van der Waals surface area contributed by atoms with Crippen LogP contribution in [0.3, 0.4) is 0 Å². The quantitative estimate of drug-likeness (QED) is 0.768. The highest BCUT2D eigenvalue weighted by atomic mass is 32.2. The van der Waals surface area contributed by atoms with Crippen LogP contribution < -0.4 is 0 Å². The SMILES string of the molecule is Cc1ccc(SOCC2CN(C)CCO2)cc1. The molecule has 0 radical (unpaired) electrons. The van der Waals surface area contributed by atoms with Crippen LogP contribution >= 0.6 is 12.0 Å². The Morgan fingerprint density at radius 3 is 2.88 bits per heavy atom. The summed E-state index contributed by atoms with van der Waals surface area (Å²) in [6.07, 6.45) is 0.201. The van der Waals surface area contributed by atoms with Crippen LogP contribution in [-0.2, 0) is 8.92 Å². The van der Waals surface area contributed by atoms with E-state index in [9.17, 15) is 0 Å². The lowest BCUT2D eigenvalue weighted by Gasteiger charge is -2.29. The number of likely N-dealkylation sites (N-methyl/N-ethyl adjacent to an activating group) is 1. The van der Waals surface area contributed by atoms with Crippen molar-refractivity contribution in [2.24, 2.45) is 0 Å². The Morgan fingerprint density at radius 1 is 1.41 bits per heavy atom. The first kappa shape index (κ1) is 12.9. The minimum Gasteiger partial charge on any atom is -0.373 e. The van der Waals surface area contributed by atoms with Gasteiger partial charge in [0.25, 0.3) is 0 Å². The van der Waals surface area contributed by atoms with Gasteiger partial charge in [-0.3, -0.25) is 0 Å². The highest BCUT2D eigenvalue weighted by molar-refractivity contribution is 7.94. The monoisotopic (exact) mass is 253 g/mol. The van der Waals surface area contributed by atoms with Crippen molar-refractivity contribution in [2.75, 3.05) is 33.4 Å². The lowest BCUT2D eigenvalue weighted by molar-refractivity contribution is -0.0373. The summed E-state index contributed by atoms with van der Waals surface area (Å²) in [5, 5.41) is 0. The van der Waals surface area contributed by atoms with Gasteiger partial charge in [-0.05, 0) is 26.1 Å². The van der Waals surface area contributed by atoms with Crippen molar-refractivity contribution < 1.29 is 8.92 Å². The Labute approximate surface area is 107 Å². The fourth-order valence-corrected chi connectivity index (χ4v) is 2.34. The van der Waals surface area contributed by atoms with Crippen LogP contribution in [0, 0.1) is 6.92 Å². The van der Waals surface area contributed by atoms with Crippen molar-refractivity contribution in [1.82, 2.24) is 4.90 Å². The molecule has 0 amide bonds. The number of aryl methyl sites for hydroxylation is 1. The van der Waals surface area contributed by atoms with E-state index in [1.807, 2.05) is 0 Å². The van der Waals surface area contributed by atoms with Gasteiger partial charge in [0.05, 0.1) is 19.3 Å². The third-order valence-corrected chi connectivity index (χ3v) is 3.49. The van der Waals surface area contributed by atoms with Gasteiger partial charge >= 0.3 is 0 Å². The molecule has 1 unspecified atom stereocenters. The van der Waals surface area contributed by atoms with Crippen LogP contribution in [0.25, 0.3) is 0 Å². The summed E-state index contributed by atoms with van der Waals surface area (Å²) in [6, 6.07) is 8.34. The Kier molecular flexibility index (Phi) is 4.86. The van der Waals surface area contributed by atoms with Gasteiger partial charge in [0.15, 0.2) is 0 Å². The first-order chi connectivity index (χ1) is 8.24. The first-order valence-electron chi connectivity index (χ1n) is 5.90. The Hall–Kier alpha value is -0.550. The maximum Gasteiger partial charge on any atom is 0.0948 e. The Bertz CT molecular complexity index is 342. The van der Waals surface area contributed by atoms with Gasteiger partial charge in [0.2, 0.25) is 0 Å². The third kappa shape index (κ3) is 4.32. The minimum atomic E-state index is 0.201. The van der Waals surface area contributed by atoms with Gasteiger partial charge in [0.1, 0.15) is 0 Å². The van der Waals surface area contributed by atoms with Crippen LogP contribution in [0.5, 0.6) is 0 Å². The number of hydrogen-bond acceptors (Lipinski definition) is 4.